The monoisotopic (exact) mass is 424 g/mol. The summed E-state index contributed by atoms with van der Waals surface area (Å²) in [6, 6.07) is 9.21. The molecule has 1 aliphatic heterocycles. The molecule has 1 N–H and O–H groups in total. The summed E-state index contributed by atoms with van der Waals surface area (Å²) in [5.41, 5.74) is 0.716. The molecule has 0 saturated carbocycles. The number of anilines is 1. The van der Waals surface area contributed by atoms with Crippen molar-refractivity contribution in [3.05, 3.63) is 51.4 Å². The maximum atomic E-state index is 12.9. The van der Waals surface area contributed by atoms with Crippen LogP contribution in [0.25, 0.3) is 0 Å². The van der Waals surface area contributed by atoms with Gasteiger partial charge in [0, 0.05) is 19.1 Å². The summed E-state index contributed by atoms with van der Waals surface area (Å²) in [6.07, 6.45) is 1.16. The number of rotatable bonds is 4. The Morgan fingerprint density at radius 2 is 2.06 bits per heavy atom. The van der Waals surface area contributed by atoms with Gasteiger partial charge in [-0.25, -0.2) is 4.79 Å². The Kier molecular flexibility index (Phi) is 6.59. The number of hydrogen-bond acceptors (Lipinski definition) is 7. The van der Waals surface area contributed by atoms with Gasteiger partial charge in [0.05, 0.1) is 18.2 Å². The Morgan fingerprint density at radius 1 is 1.32 bits per heavy atom. The van der Waals surface area contributed by atoms with Crippen molar-refractivity contribution in [2.45, 2.75) is 58.7 Å². The van der Waals surface area contributed by atoms with Crippen molar-refractivity contribution < 1.29 is 9.53 Å². The van der Waals surface area contributed by atoms with Gasteiger partial charge in [0.25, 0.3) is 5.56 Å². The van der Waals surface area contributed by atoms with Crippen molar-refractivity contribution in [3.63, 3.8) is 0 Å². The first-order valence-corrected chi connectivity index (χ1v) is 10.3. The highest BCUT2D eigenvalue weighted by molar-refractivity contribution is 5.68. The van der Waals surface area contributed by atoms with Crippen LogP contribution in [0.4, 0.5) is 10.7 Å². The first-order valence-electron chi connectivity index (χ1n) is 10.3. The molecule has 31 heavy (non-hydrogen) atoms. The van der Waals surface area contributed by atoms with Gasteiger partial charge in [-0.1, -0.05) is 18.2 Å². The number of hydrogen-bond donors (Lipinski definition) is 1. The fourth-order valence-corrected chi connectivity index (χ4v) is 3.57. The molecular weight excluding hydrogens is 396 g/mol. The van der Waals surface area contributed by atoms with E-state index in [1.165, 1.54) is 0 Å². The van der Waals surface area contributed by atoms with Crippen LogP contribution in [0.5, 0.6) is 0 Å². The number of amides is 1. The molecule has 0 aliphatic carbocycles. The summed E-state index contributed by atoms with van der Waals surface area (Å²) in [5, 5.41) is 20.6. The Balaban J connectivity index is 1.85. The highest BCUT2D eigenvalue weighted by Gasteiger charge is 2.27. The SMILES string of the molecule is Cc1nnc(N2CCC[C@@H](NC(=O)OC(C)(C)C)C2)n(Cc2ccccc2C#N)c1=O. The van der Waals surface area contributed by atoms with E-state index in [0.717, 1.165) is 18.4 Å². The lowest BCUT2D eigenvalue weighted by molar-refractivity contribution is 0.0499. The van der Waals surface area contributed by atoms with Crippen LogP contribution in [0.1, 0.15) is 50.4 Å². The van der Waals surface area contributed by atoms with Crippen molar-refractivity contribution in [1.82, 2.24) is 20.1 Å². The summed E-state index contributed by atoms with van der Waals surface area (Å²) in [4.78, 5) is 27.0. The molecule has 0 radical (unpaired) electrons. The molecule has 1 amide bonds. The van der Waals surface area contributed by atoms with E-state index in [4.69, 9.17) is 4.74 Å². The summed E-state index contributed by atoms with van der Waals surface area (Å²) in [6.45, 7) is 8.46. The van der Waals surface area contributed by atoms with Crippen LogP contribution >= 0.6 is 0 Å². The van der Waals surface area contributed by atoms with E-state index < -0.39 is 11.7 Å². The van der Waals surface area contributed by atoms with Crippen LogP contribution in [0, 0.1) is 18.3 Å². The van der Waals surface area contributed by atoms with Crippen molar-refractivity contribution in [2.24, 2.45) is 0 Å². The maximum Gasteiger partial charge on any atom is 0.407 e. The average molecular weight is 425 g/mol. The fraction of sp³-hybridized carbons (Fsp3) is 0.500. The molecule has 1 saturated heterocycles. The Labute approximate surface area is 181 Å². The number of nitrogens with one attached hydrogen (secondary N) is 1. The lowest BCUT2D eigenvalue weighted by Gasteiger charge is -2.34. The standard InChI is InChI=1S/C22H28N6O3/c1-15-19(29)28(13-17-9-6-5-8-16(17)12-23)20(26-25-15)27-11-7-10-18(14-27)24-21(30)31-22(2,3)4/h5-6,8-9,18H,7,10-11,13-14H2,1-4H3,(H,24,30)/t18-/m1/s1. The van der Waals surface area contributed by atoms with Crippen molar-refractivity contribution in [1.29, 1.82) is 5.26 Å². The fourth-order valence-electron chi connectivity index (χ4n) is 3.57. The van der Waals surface area contributed by atoms with Gasteiger partial charge in [-0.2, -0.15) is 5.26 Å². The summed E-state index contributed by atoms with van der Waals surface area (Å²) >= 11 is 0. The van der Waals surface area contributed by atoms with Gasteiger partial charge in [0.2, 0.25) is 5.95 Å². The molecule has 1 aromatic carbocycles. The quantitative estimate of drug-likeness (QED) is 0.801. The Bertz CT molecular complexity index is 1050. The van der Waals surface area contributed by atoms with Crippen LogP contribution in [0.2, 0.25) is 0 Å². The number of ether oxygens (including phenoxy) is 1. The molecule has 3 rings (SSSR count). The first-order chi connectivity index (χ1) is 14.7. The average Bonchev–Trinajstić information content (AvgIpc) is 2.70. The number of piperidine rings is 1. The zero-order chi connectivity index (χ0) is 22.6. The number of carbonyl (C=O) groups excluding carboxylic acids is 1. The molecule has 0 spiro atoms. The number of alkyl carbamates (subject to hydrolysis) is 1. The third-order valence-electron chi connectivity index (χ3n) is 4.98. The molecule has 2 heterocycles. The summed E-state index contributed by atoms with van der Waals surface area (Å²) < 4.78 is 6.91. The molecule has 1 fully saturated rings. The van der Waals surface area contributed by atoms with Crippen molar-refractivity contribution >= 4 is 12.0 Å². The highest BCUT2D eigenvalue weighted by Crippen LogP contribution is 2.19. The van der Waals surface area contributed by atoms with Crippen LogP contribution in [-0.2, 0) is 11.3 Å². The van der Waals surface area contributed by atoms with Crippen LogP contribution in [-0.4, -0.2) is 45.6 Å². The minimum absolute atomic E-state index is 0.137. The second-order valence-electron chi connectivity index (χ2n) is 8.68. The third-order valence-corrected chi connectivity index (χ3v) is 4.98. The number of aryl methyl sites for hydroxylation is 1. The van der Waals surface area contributed by atoms with E-state index in [1.54, 1.807) is 23.6 Å². The second-order valence-corrected chi connectivity index (χ2v) is 8.68. The van der Waals surface area contributed by atoms with Gasteiger partial charge >= 0.3 is 6.09 Å². The normalized spacial score (nSPS) is 16.5. The highest BCUT2D eigenvalue weighted by atomic mass is 16.6. The van der Waals surface area contributed by atoms with Gasteiger partial charge in [0.15, 0.2) is 0 Å². The van der Waals surface area contributed by atoms with Gasteiger partial charge in [0.1, 0.15) is 11.3 Å². The zero-order valence-corrected chi connectivity index (χ0v) is 18.4. The number of nitriles is 1. The van der Waals surface area contributed by atoms with E-state index in [0.29, 0.717) is 30.3 Å². The van der Waals surface area contributed by atoms with Crippen LogP contribution < -0.4 is 15.8 Å². The predicted molar refractivity (Wildman–Crippen MR) is 116 cm³/mol. The minimum Gasteiger partial charge on any atom is -0.444 e. The molecule has 9 heteroatoms. The largest absolute Gasteiger partial charge is 0.444 e. The Hall–Kier alpha value is -3.41. The lowest BCUT2D eigenvalue weighted by Crippen LogP contribution is -2.50. The molecule has 1 aromatic heterocycles. The lowest BCUT2D eigenvalue weighted by atomic mass is 10.1. The molecule has 1 aliphatic rings. The molecule has 164 valence electrons. The molecule has 0 bridgehead atoms. The van der Waals surface area contributed by atoms with Gasteiger partial charge in [-0.3, -0.25) is 9.36 Å². The van der Waals surface area contributed by atoms with Crippen LogP contribution in [0.15, 0.2) is 29.1 Å². The molecule has 2 aromatic rings. The summed E-state index contributed by atoms with van der Waals surface area (Å²) in [7, 11) is 0. The van der Waals surface area contributed by atoms with Crippen molar-refractivity contribution in [3.8, 4) is 6.07 Å². The van der Waals surface area contributed by atoms with Gasteiger partial charge < -0.3 is 15.0 Å². The Morgan fingerprint density at radius 3 is 2.77 bits per heavy atom. The van der Waals surface area contributed by atoms with E-state index in [1.807, 2.05) is 37.8 Å². The second kappa shape index (κ2) is 9.16. The number of benzene rings is 1. The molecule has 1 atom stereocenters. The zero-order valence-electron chi connectivity index (χ0n) is 18.4. The van der Waals surface area contributed by atoms with Crippen LogP contribution in [0.3, 0.4) is 0 Å². The molecular formula is C22H28N6O3. The van der Waals surface area contributed by atoms with Crippen molar-refractivity contribution in [2.75, 3.05) is 18.0 Å². The van der Waals surface area contributed by atoms with E-state index >= 15 is 0 Å². The molecule has 0 unspecified atom stereocenters. The predicted octanol–water partition coefficient (Wildman–Crippen LogP) is 2.36. The van der Waals surface area contributed by atoms with E-state index in [-0.39, 0.29) is 18.1 Å². The minimum atomic E-state index is -0.574. The van der Waals surface area contributed by atoms with Gasteiger partial charge in [-0.15, -0.1) is 10.2 Å². The van der Waals surface area contributed by atoms with E-state index in [2.05, 4.69) is 21.6 Å². The number of nitrogens with zero attached hydrogens (tertiary/aromatic N) is 5. The number of carbonyl (C=O) groups is 1. The number of aromatic nitrogens is 3. The van der Waals surface area contributed by atoms with E-state index in [9.17, 15) is 14.9 Å². The topological polar surface area (TPSA) is 113 Å². The smallest absolute Gasteiger partial charge is 0.407 e. The maximum absolute atomic E-state index is 12.9. The third kappa shape index (κ3) is 5.60. The van der Waals surface area contributed by atoms with Gasteiger partial charge in [-0.05, 0) is 52.2 Å². The molecule has 9 nitrogen and oxygen atoms in total. The summed E-state index contributed by atoms with van der Waals surface area (Å²) in [5.74, 6) is 0.430. The first kappa shape index (κ1) is 22.3.